The maximum atomic E-state index is 12.0. The fourth-order valence-electron chi connectivity index (χ4n) is 5.27. The standard InChI is InChI=1S/C32H28N2O4.Pt/c1-33-27-15-5-3-13-25(27)21-9-8-12-24(18-21)30(20-32(37)38)34(2)28-16-6-4-14-26(28)22-10-7-11-23(17-22)29(33)19-31(35)36;/h3-16,29-30H,19-20H2,1-2H3,(H,35,36)(H,37,38);/q-2;+4. The summed E-state index contributed by atoms with van der Waals surface area (Å²) in [6.07, 6.45) is -0.201. The van der Waals surface area contributed by atoms with Crippen LogP contribution in [0.5, 0.6) is 0 Å². The third-order valence-corrected chi connectivity index (χ3v) is 7.17. The molecule has 0 radical (unpaired) electrons. The van der Waals surface area contributed by atoms with Crippen LogP contribution in [-0.4, -0.2) is 36.2 Å². The van der Waals surface area contributed by atoms with Gasteiger partial charge in [0.2, 0.25) is 0 Å². The Bertz CT molecular complexity index is 1390. The number of fused-ring (bicyclic) bond motifs is 8. The molecule has 2 unspecified atom stereocenters. The summed E-state index contributed by atoms with van der Waals surface area (Å²) in [6, 6.07) is 33.3. The zero-order chi connectivity index (χ0) is 26.8. The van der Waals surface area contributed by atoms with Crippen LogP contribution in [-0.2, 0) is 30.7 Å². The van der Waals surface area contributed by atoms with Crippen molar-refractivity contribution in [2.45, 2.75) is 24.9 Å². The normalized spacial score (nSPS) is 16.3. The Morgan fingerprint density at radius 3 is 1.41 bits per heavy atom. The number of para-hydroxylation sites is 2. The van der Waals surface area contributed by atoms with Gasteiger partial charge in [-0.3, -0.25) is 9.59 Å². The molecule has 1 aliphatic rings. The number of rotatable bonds is 4. The van der Waals surface area contributed by atoms with Crippen LogP contribution < -0.4 is 9.80 Å². The smallest absolute Gasteiger partial charge is 0.481 e. The van der Waals surface area contributed by atoms with Gasteiger partial charge in [-0.25, -0.2) is 0 Å². The molecule has 2 atom stereocenters. The molecule has 0 saturated heterocycles. The number of hydrogen-bond acceptors (Lipinski definition) is 4. The van der Waals surface area contributed by atoms with E-state index in [9.17, 15) is 19.8 Å². The number of benzene rings is 4. The van der Waals surface area contributed by atoms with E-state index in [-0.39, 0.29) is 33.9 Å². The van der Waals surface area contributed by atoms with Crippen LogP contribution in [0.4, 0.5) is 11.4 Å². The summed E-state index contributed by atoms with van der Waals surface area (Å²) >= 11 is 0. The van der Waals surface area contributed by atoms with Crippen molar-refractivity contribution in [3.05, 3.63) is 108 Å². The first kappa shape index (κ1) is 28.1. The molecular weight excluding hydrogens is 671 g/mol. The van der Waals surface area contributed by atoms with Gasteiger partial charge in [-0.05, 0) is 12.1 Å². The van der Waals surface area contributed by atoms with E-state index < -0.39 is 24.0 Å². The van der Waals surface area contributed by atoms with Crippen molar-refractivity contribution in [1.29, 1.82) is 0 Å². The summed E-state index contributed by atoms with van der Waals surface area (Å²) in [7, 11) is 3.80. The van der Waals surface area contributed by atoms with Crippen LogP contribution in [0.25, 0.3) is 22.3 Å². The third kappa shape index (κ3) is 5.76. The van der Waals surface area contributed by atoms with Crippen molar-refractivity contribution < 1.29 is 40.9 Å². The Labute approximate surface area is 242 Å². The maximum Gasteiger partial charge on any atom is 4.00 e. The van der Waals surface area contributed by atoms with Crippen LogP contribution in [0, 0.1) is 12.1 Å². The Morgan fingerprint density at radius 2 is 1.03 bits per heavy atom. The first-order valence-corrected chi connectivity index (χ1v) is 12.5. The van der Waals surface area contributed by atoms with Gasteiger partial charge in [0.25, 0.3) is 0 Å². The van der Waals surface area contributed by atoms with Crippen molar-refractivity contribution in [3.63, 3.8) is 0 Å². The van der Waals surface area contributed by atoms with E-state index in [1.54, 1.807) is 0 Å². The van der Waals surface area contributed by atoms with Crippen molar-refractivity contribution in [2.24, 2.45) is 0 Å². The Hall–Kier alpha value is -3.89. The largest absolute Gasteiger partial charge is 4.00 e. The predicted octanol–water partition coefficient (Wildman–Crippen LogP) is 6.24. The van der Waals surface area contributed by atoms with Crippen LogP contribution >= 0.6 is 0 Å². The summed E-state index contributed by atoms with van der Waals surface area (Å²) in [5.74, 6) is -1.80. The number of carbonyl (C=O) groups is 2. The summed E-state index contributed by atoms with van der Waals surface area (Å²) < 4.78 is 0. The number of carboxylic acid groups (broad SMARTS) is 2. The number of carboxylic acids is 2. The van der Waals surface area contributed by atoms with Gasteiger partial charge in [0, 0.05) is 37.6 Å². The zero-order valence-electron chi connectivity index (χ0n) is 21.6. The molecule has 5 rings (SSSR count). The van der Waals surface area contributed by atoms with Crippen LogP contribution in [0.2, 0.25) is 0 Å². The summed E-state index contributed by atoms with van der Waals surface area (Å²) in [6.45, 7) is 0. The molecule has 1 aliphatic heterocycles. The Morgan fingerprint density at radius 1 is 0.641 bits per heavy atom. The molecular formula is C32H28N2O4Pt+2. The van der Waals surface area contributed by atoms with Crippen LogP contribution in [0.1, 0.15) is 36.1 Å². The molecule has 4 aromatic carbocycles. The van der Waals surface area contributed by atoms with Gasteiger partial charge in [0.15, 0.2) is 0 Å². The molecule has 0 amide bonds. The quantitative estimate of drug-likeness (QED) is 0.246. The second-order valence-corrected chi connectivity index (χ2v) is 9.52. The molecule has 4 aromatic rings. The van der Waals surface area contributed by atoms with Crippen LogP contribution in [0.15, 0.2) is 84.9 Å². The minimum Gasteiger partial charge on any atom is -0.481 e. The minimum atomic E-state index is -0.899. The fourth-order valence-corrected chi connectivity index (χ4v) is 5.27. The van der Waals surface area contributed by atoms with E-state index in [1.807, 2.05) is 109 Å². The summed E-state index contributed by atoms with van der Waals surface area (Å²) in [5, 5.41) is 19.7. The van der Waals surface area contributed by atoms with Gasteiger partial charge in [-0.15, -0.1) is 70.8 Å². The fraction of sp³-hybridized carbons (Fsp3) is 0.188. The Kier molecular flexibility index (Phi) is 8.56. The minimum absolute atomic E-state index is 0. The van der Waals surface area contributed by atoms with Crippen molar-refractivity contribution >= 4 is 23.3 Å². The monoisotopic (exact) mass is 699 g/mol. The molecule has 4 bridgehead atoms. The van der Waals surface area contributed by atoms with Gasteiger partial charge < -0.3 is 20.0 Å². The van der Waals surface area contributed by atoms with Gasteiger partial charge in [0.05, 0.1) is 12.8 Å². The Balaban J connectivity index is 0.00000353. The van der Waals surface area contributed by atoms with E-state index in [4.69, 9.17) is 0 Å². The van der Waals surface area contributed by atoms with Gasteiger partial charge in [-0.2, -0.15) is 0 Å². The molecule has 1 heterocycles. The molecule has 0 fully saturated rings. The van der Waals surface area contributed by atoms with Crippen molar-refractivity contribution in [1.82, 2.24) is 0 Å². The molecule has 0 saturated carbocycles. The second kappa shape index (κ2) is 11.9. The third-order valence-electron chi connectivity index (χ3n) is 7.17. The average molecular weight is 700 g/mol. The molecule has 198 valence electrons. The van der Waals surface area contributed by atoms with E-state index in [2.05, 4.69) is 12.1 Å². The SMILES string of the molecule is CN1c2ccccc2-c2[c-]c(ccc2)C(CC(=O)O)N(C)c2ccccc2-c2[c-]c(ccc2)C1CC(=O)O.[Pt+4]. The zero-order valence-corrected chi connectivity index (χ0v) is 23.8. The predicted molar refractivity (Wildman–Crippen MR) is 148 cm³/mol. The summed E-state index contributed by atoms with van der Waals surface area (Å²) in [5.41, 5.74) is 6.62. The van der Waals surface area contributed by atoms with E-state index in [0.717, 1.165) is 44.8 Å². The number of nitrogens with zero attached hydrogens (tertiary/aromatic N) is 2. The molecule has 7 heteroatoms. The van der Waals surface area contributed by atoms with E-state index >= 15 is 0 Å². The van der Waals surface area contributed by atoms with E-state index in [0.29, 0.717) is 0 Å². The van der Waals surface area contributed by atoms with Crippen LogP contribution in [0.3, 0.4) is 0 Å². The van der Waals surface area contributed by atoms with E-state index in [1.165, 1.54) is 0 Å². The van der Waals surface area contributed by atoms with Gasteiger partial charge in [-0.1, -0.05) is 47.5 Å². The average Bonchev–Trinajstić information content (AvgIpc) is 2.93. The second-order valence-electron chi connectivity index (χ2n) is 9.52. The first-order valence-electron chi connectivity index (χ1n) is 12.5. The van der Waals surface area contributed by atoms with Gasteiger partial charge in [0.1, 0.15) is 0 Å². The molecule has 0 spiro atoms. The van der Waals surface area contributed by atoms with Crippen molar-refractivity contribution in [3.8, 4) is 22.3 Å². The topological polar surface area (TPSA) is 81.1 Å². The molecule has 0 aromatic heterocycles. The van der Waals surface area contributed by atoms with Gasteiger partial charge >= 0.3 is 33.0 Å². The summed E-state index contributed by atoms with van der Waals surface area (Å²) in [4.78, 5) is 28.0. The number of hydrogen-bond donors (Lipinski definition) is 2. The number of aliphatic carboxylic acids is 2. The molecule has 2 N–H and O–H groups in total. The number of anilines is 2. The molecule has 0 aliphatic carbocycles. The first-order chi connectivity index (χ1) is 18.3. The van der Waals surface area contributed by atoms with Crippen molar-refractivity contribution in [2.75, 3.05) is 23.9 Å². The molecule has 39 heavy (non-hydrogen) atoms. The maximum absolute atomic E-state index is 12.0. The molecule has 6 nitrogen and oxygen atoms in total.